The lowest BCUT2D eigenvalue weighted by molar-refractivity contribution is 1.33. The molecule has 3 aromatic rings. The van der Waals surface area contributed by atoms with Crippen molar-refractivity contribution >= 4 is 63.7 Å². The Morgan fingerprint density at radius 2 is 0.692 bits per heavy atom. The van der Waals surface area contributed by atoms with Crippen molar-refractivity contribution in [3.63, 3.8) is 0 Å². The molecule has 0 saturated heterocycles. The van der Waals surface area contributed by atoms with Crippen LogP contribution in [0, 0.1) is 0 Å². The minimum absolute atomic E-state index is 0.852. The van der Waals surface area contributed by atoms with Crippen LogP contribution in [0.15, 0.2) is 60.7 Å². The van der Waals surface area contributed by atoms with Crippen LogP contribution in [0.2, 0.25) is 0 Å². The van der Waals surface area contributed by atoms with Gasteiger partial charge in [0, 0.05) is 21.3 Å². The number of rotatable bonds is 6. The fourth-order valence-electron chi connectivity index (χ4n) is 3.30. The maximum absolute atomic E-state index is 3.63. The lowest BCUT2D eigenvalue weighted by Gasteiger charge is -2.15. The van der Waals surface area contributed by atoms with E-state index in [1.165, 1.54) is 44.5 Å². The second-order valence-electron chi connectivity index (χ2n) is 6.01. The van der Waals surface area contributed by atoms with Crippen molar-refractivity contribution in [3.8, 4) is 22.3 Å². The summed E-state index contributed by atoms with van der Waals surface area (Å²) in [4.78, 5) is 0. The maximum atomic E-state index is 3.63. The lowest BCUT2D eigenvalue weighted by Crippen LogP contribution is -1.94. The zero-order chi connectivity index (χ0) is 18.5. The van der Waals surface area contributed by atoms with Crippen LogP contribution in [0.1, 0.15) is 22.3 Å². The van der Waals surface area contributed by atoms with Crippen LogP contribution >= 0.6 is 63.7 Å². The number of halogens is 4. The molecule has 3 rings (SSSR count). The normalized spacial score (nSPS) is 10.9. The highest BCUT2D eigenvalue weighted by atomic mass is 79.9. The maximum Gasteiger partial charge on any atom is 0.0289 e. The van der Waals surface area contributed by atoms with Crippen LogP contribution in [0.25, 0.3) is 22.3 Å². The second-order valence-corrected chi connectivity index (χ2v) is 8.26. The molecule has 0 aliphatic rings. The van der Waals surface area contributed by atoms with Crippen LogP contribution in [-0.4, -0.2) is 0 Å². The van der Waals surface area contributed by atoms with Gasteiger partial charge in [-0.15, -0.1) is 0 Å². The van der Waals surface area contributed by atoms with Crippen LogP contribution in [0.5, 0.6) is 0 Å². The third kappa shape index (κ3) is 4.19. The molecule has 0 unspecified atom stereocenters. The average molecular weight is 602 g/mol. The van der Waals surface area contributed by atoms with Gasteiger partial charge in [-0.25, -0.2) is 0 Å². The van der Waals surface area contributed by atoms with Crippen molar-refractivity contribution in [2.45, 2.75) is 21.3 Å². The molecule has 0 nitrogen and oxygen atoms in total. The molecule has 0 atom stereocenters. The third-order valence-electron chi connectivity index (χ3n) is 4.51. The van der Waals surface area contributed by atoms with Gasteiger partial charge in [-0.2, -0.15) is 0 Å². The summed E-state index contributed by atoms with van der Waals surface area (Å²) in [7, 11) is 0. The Balaban J connectivity index is 2.09. The molecule has 0 bridgehead atoms. The fraction of sp³-hybridized carbons (Fsp3) is 0.182. The summed E-state index contributed by atoms with van der Waals surface area (Å²) in [6.07, 6.45) is 0. The van der Waals surface area contributed by atoms with Gasteiger partial charge < -0.3 is 0 Å². The summed E-state index contributed by atoms with van der Waals surface area (Å²) in [6, 6.07) is 22.0. The Morgan fingerprint density at radius 3 is 0.923 bits per heavy atom. The van der Waals surface area contributed by atoms with E-state index in [9.17, 15) is 0 Å². The predicted octanol–water partition coefficient (Wildman–Crippen LogP) is 8.60. The van der Waals surface area contributed by atoms with Crippen molar-refractivity contribution in [2.24, 2.45) is 0 Å². The van der Waals surface area contributed by atoms with Crippen molar-refractivity contribution < 1.29 is 0 Å². The van der Waals surface area contributed by atoms with E-state index >= 15 is 0 Å². The van der Waals surface area contributed by atoms with Crippen LogP contribution in [0.3, 0.4) is 0 Å². The van der Waals surface area contributed by atoms with E-state index in [2.05, 4.69) is 124 Å². The molecule has 0 aromatic heterocycles. The van der Waals surface area contributed by atoms with Crippen molar-refractivity contribution in [1.29, 1.82) is 0 Å². The molecule has 0 heterocycles. The van der Waals surface area contributed by atoms with Gasteiger partial charge in [0.1, 0.15) is 0 Å². The molecule has 0 fully saturated rings. The SMILES string of the molecule is BrCc1cccc(CBr)c1-c1ccc(-c2c(CBr)cccc2CBr)cc1. The van der Waals surface area contributed by atoms with E-state index in [-0.39, 0.29) is 0 Å². The summed E-state index contributed by atoms with van der Waals surface area (Å²) in [5.74, 6) is 0. The molecule has 134 valence electrons. The molecule has 0 radical (unpaired) electrons. The average Bonchev–Trinajstić information content (AvgIpc) is 2.72. The third-order valence-corrected chi connectivity index (χ3v) is 6.93. The van der Waals surface area contributed by atoms with Gasteiger partial charge >= 0.3 is 0 Å². The zero-order valence-corrected chi connectivity index (χ0v) is 20.5. The van der Waals surface area contributed by atoms with E-state index in [0.29, 0.717) is 0 Å². The van der Waals surface area contributed by atoms with Crippen LogP contribution in [-0.2, 0) is 21.3 Å². The van der Waals surface area contributed by atoms with E-state index in [1.54, 1.807) is 0 Å². The van der Waals surface area contributed by atoms with Gasteiger partial charge in [0.05, 0.1) is 0 Å². The molecular formula is C22H18Br4. The minimum atomic E-state index is 0.852. The molecule has 0 spiro atoms. The van der Waals surface area contributed by atoms with Crippen molar-refractivity contribution in [3.05, 3.63) is 82.9 Å². The molecule has 4 heteroatoms. The molecule has 0 aliphatic heterocycles. The van der Waals surface area contributed by atoms with Crippen LogP contribution < -0.4 is 0 Å². The predicted molar refractivity (Wildman–Crippen MR) is 128 cm³/mol. The van der Waals surface area contributed by atoms with E-state index in [0.717, 1.165) is 21.3 Å². The second kappa shape index (κ2) is 9.68. The Morgan fingerprint density at radius 1 is 0.423 bits per heavy atom. The van der Waals surface area contributed by atoms with Gasteiger partial charge in [0.2, 0.25) is 0 Å². The van der Waals surface area contributed by atoms with Gasteiger partial charge in [0.15, 0.2) is 0 Å². The summed E-state index contributed by atoms with van der Waals surface area (Å²) in [5.41, 5.74) is 10.4. The summed E-state index contributed by atoms with van der Waals surface area (Å²) >= 11 is 14.5. The summed E-state index contributed by atoms with van der Waals surface area (Å²) in [5, 5.41) is 3.41. The molecular weight excluding hydrogens is 584 g/mol. The summed E-state index contributed by atoms with van der Waals surface area (Å²) in [6.45, 7) is 0. The smallest absolute Gasteiger partial charge is 0.0289 e. The monoisotopic (exact) mass is 598 g/mol. The largest absolute Gasteiger partial charge is 0.0876 e. The fourth-order valence-corrected chi connectivity index (χ4v) is 5.17. The van der Waals surface area contributed by atoms with Crippen LogP contribution in [0.4, 0.5) is 0 Å². The number of hydrogen-bond donors (Lipinski definition) is 0. The number of alkyl halides is 4. The quantitative estimate of drug-likeness (QED) is 0.248. The van der Waals surface area contributed by atoms with E-state index in [1.807, 2.05) is 0 Å². The Bertz CT molecular complexity index is 766. The first-order valence-electron chi connectivity index (χ1n) is 8.29. The van der Waals surface area contributed by atoms with Gasteiger partial charge in [-0.3, -0.25) is 0 Å². The molecule has 3 aromatic carbocycles. The molecule has 0 N–H and O–H groups in total. The molecule has 0 saturated carbocycles. The standard InChI is InChI=1S/C22H18Br4/c23-11-17-3-1-4-18(12-24)21(17)15-7-9-16(10-8-15)22-19(13-25)5-2-6-20(22)14-26/h1-10H,11-14H2. The molecule has 0 aliphatic carbocycles. The highest BCUT2D eigenvalue weighted by molar-refractivity contribution is 9.09. The van der Waals surface area contributed by atoms with E-state index < -0.39 is 0 Å². The molecule has 0 amide bonds. The first kappa shape index (κ1) is 20.3. The topological polar surface area (TPSA) is 0 Å². The van der Waals surface area contributed by atoms with Crippen molar-refractivity contribution in [2.75, 3.05) is 0 Å². The van der Waals surface area contributed by atoms with Gasteiger partial charge in [-0.1, -0.05) is 124 Å². The Labute approximate surface area is 188 Å². The highest BCUT2D eigenvalue weighted by Gasteiger charge is 2.12. The Kier molecular flexibility index (Phi) is 7.56. The minimum Gasteiger partial charge on any atom is -0.0876 e. The highest BCUT2D eigenvalue weighted by Crippen LogP contribution is 2.35. The first-order valence-corrected chi connectivity index (χ1v) is 12.8. The lowest BCUT2D eigenvalue weighted by atomic mass is 9.92. The molecule has 26 heavy (non-hydrogen) atoms. The Hall–Kier alpha value is -0.420. The zero-order valence-electron chi connectivity index (χ0n) is 14.1. The van der Waals surface area contributed by atoms with Gasteiger partial charge in [0.25, 0.3) is 0 Å². The van der Waals surface area contributed by atoms with E-state index in [4.69, 9.17) is 0 Å². The summed E-state index contributed by atoms with van der Waals surface area (Å²) < 4.78 is 0. The first-order chi connectivity index (χ1) is 12.7. The van der Waals surface area contributed by atoms with Crippen molar-refractivity contribution in [1.82, 2.24) is 0 Å². The number of hydrogen-bond acceptors (Lipinski definition) is 0. The number of benzene rings is 3. The van der Waals surface area contributed by atoms with Gasteiger partial charge in [-0.05, 0) is 44.5 Å².